The van der Waals surface area contributed by atoms with Crippen molar-refractivity contribution in [1.29, 1.82) is 0 Å². The number of fused-ring (bicyclic) bond motifs is 2. The molecule has 5 rings (SSSR count). The molecule has 0 saturated heterocycles. The first-order valence-electron chi connectivity index (χ1n) is 10.2. The van der Waals surface area contributed by atoms with E-state index in [4.69, 9.17) is 4.98 Å². The number of carbonyl (C=O) groups excluding carboxylic acids is 1. The molecular weight excluding hydrogens is 402 g/mol. The fraction of sp³-hybridized carbons (Fsp3) is 0.115. The van der Waals surface area contributed by atoms with Gasteiger partial charge >= 0.3 is 0 Å². The lowest BCUT2D eigenvalue weighted by atomic mass is 10.0. The van der Waals surface area contributed by atoms with Crippen molar-refractivity contribution in [3.63, 3.8) is 0 Å². The van der Waals surface area contributed by atoms with Crippen LogP contribution in [0.3, 0.4) is 0 Å². The van der Waals surface area contributed by atoms with Gasteiger partial charge in [0, 0.05) is 22.9 Å². The number of carbonyl (C=O) groups is 1. The van der Waals surface area contributed by atoms with Crippen molar-refractivity contribution < 1.29 is 4.79 Å². The van der Waals surface area contributed by atoms with Crippen LogP contribution in [0.1, 0.15) is 21.1 Å². The van der Waals surface area contributed by atoms with Crippen LogP contribution in [0, 0.1) is 6.92 Å². The standard InChI is InChI=1S/C26H21N3OS/c1-17-23(16-24(30)29-22-13-5-9-19-11-6-14-27-26(19)22)31-25(28-17)15-20-10-4-8-18-7-2-3-12-21(18)20/h2-14H,15-16H2,1H3,(H,29,30). The SMILES string of the molecule is Cc1nc(Cc2cccc3ccccc23)sc1CC(=O)Nc1cccc2cccnc12. The molecule has 4 nitrogen and oxygen atoms in total. The van der Waals surface area contributed by atoms with Gasteiger partial charge in [-0.15, -0.1) is 11.3 Å². The van der Waals surface area contributed by atoms with Gasteiger partial charge in [0.2, 0.25) is 5.91 Å². The van der Waals surface area contributed by atoms with E-state index in [0.29, 0.717) is 6.42 Å². The van der Waals surface area contributed by atoms with E-state index in [-0.39, 0.29) is 5.91 Å². The highest BCUT2D eigenvalue weighted by molar-refractivity contribution is 7.11. The van der Waals surface area contributed by atoms with Crippen LogP contribution in [0.25, 0.3) is 21.7 Å². The van der Waals surface area contributed by atoms with E-state index in [1.54, 1.807) is 17.5 Å². The second kappa shape index (κ2) is 8.28. The summed E-state index contributed by atoms with van der Waals surface area (Å²) in [6.07, 6.45) is 2.81. The smallest absolute Gasteiger partial charge is 0.229 e. The minimum atomic E-state index is -0.0541. The highest BCUT2D eigenvalue weighted by Crippen LogP contribution is 2.26. The number of aryl methyl sites for hydroxylation is 1. The molecule has 1 amide bonds. The van der Waals surface area contributed by atoms with Crippen LogP contribution in [0.15, 0.2) is 79.0 Å². The van der Waals surface area contributed by atoms with Gasteiger partial charge in [0.25, 0.3) is 0 Å². The van der Waals surface area contributed by atoms with E-state index < -0.39 is 0 Å². The zero-order valence-electron chi connectivity index (χ0n) is 17.1. The Morgan fingerprint density at radius 2 is 1.71 bits per heavy atom. The second-order valence-corrected chi connectivity index (χ2v) is 8.71. The summed E-state index contributed by atoms with van der Waals surface area (Å²) in [5.74, 6) is -0.0541. The van der Waals surface area contributed by atoms with Crippen LogP contribution in [0.2, 0.25) is 0 Å². The van der Waals surface area contributed by atoms with Crippen LogP contribution in [0.5, 0.6) is 0 Å². The Labute approximate surface area is 184 Å². The number of aromatic nitrogens is 2. The number of para-hydroxylation sites is 1. The first-order chi connectivity index (χ1) is 15.2. The molecule has 0 radical (unpaired) electrons. The molecule has 2 heterocycles. The number of rotatable bonds is 5. The maximum atomic E-state index is 12.8. The third-order valence-corrected chi connectivity index (χ3v) is 6.54. The van der Waals surface area contributed by atoms with Gasteiger partial charge < -0.3 is 5.32 Å². The van der Waals surface area contributed by atoms with Gasteiger partial charge in [0.05, 0.1) is 28.3 Å². The van der Waals surface area contributed by atoms with Crippen molar-refractivity contribution in [3.8, 4) is 0 Å². The van der Waals surface area contributed by atoms with Gasteiger partial charge in [-0.3, -0.25) is 9.78 Å². The summed E-state index contributed by atoms with van der Waals surface area (Å²) >= 11 is 1.62. The third kappa shape index (κ3) is 4.05. The molecule has 3 aromatic carbocycles. The van der Waals surface area contributed by atoms with Crippen molar-refractivity contribution in [1.82, 2.24) is 9.97 Å². The second-order valence-electron chi connectivity index (χ2n) is 7.54. The Kier molecular flexibility index (Phi) is 5.18. The Bertz CT molecular complexity index is 1400. The molecule has 0 bridgehead atoms. The van der Waals surface area contributed by atoms with Gasteiger partial charge in [-0.2, -0.15) is 0 Å². The quantitative estimate of drug-likeness (QED) is 0.381. The topological polar surface area (TPSA) is 54.9 Å². The first-order valence-corrected chi connectivity index (χ1v) is 11.0. The van der Waals surface area contributed by atoms with Gasteiger partial charge in [-0.05, 0) is 35.4 Å². The van der Waals surface area contributed by atoms with E-state index in [9.17, 15) is 4.79 Å². The predicted molar refractivity (Wildman–Crippen MR) is 128 cm³/mol. The number of nitrogens with one attached hydrogen (secondary N) is 1. The lowest BCUT2D eigenvalue weighted by Crippen LogP contribution is -2.14. The maximum absolute atomic E-state index is 12.8. The normalized spacial score (nSPS) is 11.1. The number of benzene rings is 3. The molecule has 5 aromatic rings. The fourth-order valence-electron chi connectivity index (χ4n) is 3.88. The van der Waals surface area contributed by atoms with Gasteiger partial charge in [0.15, 0.2) is 0 Å². The Balaban J connectivity index is 1.34. The molecule has 2 aromatic heterocycles. The molecule has 31 heavy (non-hydrogen) atoms. The molecule has 5 heteroatoms. The number of hydrogen-bond acceptors (Lipinski definition) is 4. The molecule has 0 aliphatic rings. The molecule has 0 spiro atoms. The summed E-state index contributed by atoms with van der Waals surface area (Å²) in [5, 5.41) is 7.54. The van der Waals surface area contributed by atoms with E-state index in [0.717, 1.165) is 38.6 Å². The predicted octanol–water partition coefficient (Wildman–Crippen LogP) is 5.92. The lowest BCUT2D eigenvalue weighted by Gasteiger charge is -2.07. The van der Waals surface area contributed by atoms with Crippen molar-refractivity contribution in [2.24, 2.45) is 0 Å². The van der Waals surface area contributed by atoms with Crippen LogP contribution < -0.4 is 5.32 Å². The fourth-order valence-corrected chi connectivity index (χ4v) is 4.97. The lowest BCUT2D eigenvalue weighted by molar-refractivity contribution is -0.115. The molecule has 0 atom stereocenters. The first kappa shape index (κ1) is 19.4. The molecular formula is C26H21N3OS. The Morgan fingerprint density at radius 3 is 2.65 bits per heavy atom. The van der Waals surface area contributed by atoms with E-state index in [2.05, 4.69) is 52.8 Å². The van der Waals surface area contributed by atoms with Crippen LogP contribution >= 0.6 is 11.3 Å². The summed E-state index contributed by atoms with van der Waals surface area (Å²) < 4.78 is 0. The monoisotopic (exact) mass is 423 g/mol. The van der Waals surface area contributed by atoms with Crippen molar-refractivity contribution in [3.05, 3.63) is 100 Å². The molecule has 0 aliphatic heterocycles. The summed E-state index contributed by atoms with van der Waals surface area (Å²) in [7, 11) is 0. The number of hydrogen-bond donors (Lipinski definition) is 1. The number of nitrogens with zero attached hydrogens (tertiary/aromatic N) is 2. The summed E-state index contributed by atoms with van der Waals surface area (Å²) in [4.78, 5) is 22.9. The summed E-state index contributed by atoms with van der Waals surface area (Å²) in [6, 6.07) is 24.5. The molecule has 152 valence electrons. The Morgan fingerprint density at radius 1 is 0.935 bits per heavy atom. The van der Waals surface area contributed by atoms with Gasteiger partial charge in [-0.1, -0.05) is 60.7 Å². The Hall–Kier alpha value is -3.57. The molecule has 0 unspecified atom stereocenters. The van der Waals surface area contributed by atoms with Crippen LogP contribution in [-0.4, -0.2) is 15.9 Å². The zero-order chi connectivity index (χ0) is 21.2. The highest BCUT2D eigenvalue weighted by Gasteiger charge is 2.14. The van der Waals surface area contributed by atoms with Gasteiger partial charge in [0.1, 0.15) is 0 Å². The molecule has 0 aliphatic carbocycles. The van der Waals surface area contributed by atoms with Crippen LogP contribution in [-0.2, 0) is 17.6 Å². The third-order valence-electron chi connectivity index (χ3n) is 5.39. The van der Waals surface area contributed by atoms with Crippen molar-refractivity contribution in [2.45, 2.75) is 19.8 Å². The average Bonchev–Trinajstić information content (AvgIpc) is 3.12. The minimum Gasteiger partial charge on any atom is -0.324 e. The van der Waals surface area contributed by atoms with Crippen molar-refractivity contribution in [2.75, 3.05) is 5.32 Å². The van der Waals surface area contributed by atoms with Crippen molar-refractivity contribution >= 4 is 44.6 Å². The number of anilines is 1. The molecule has 1 N–H and O–H groups in total. The molecule has 0 fully saturated rings. The maximum Gasteiger partial charge on any atom is 0.229 e. The average molecular weight is 424 g/mol. The largest absolute Gasteiger partial charge is 0.324 e. The van der Waals surface area contributed by atoms with E-state index in [1.165, 1.54) is 16.3 Å². The van der Waals surface area contributed by atoms with Gasteiger partial charge in [-0.25, -0.2) is 4.98 Å². The van der Waals surface area contributed by atoms with Crippen LogP contribution in [0.4, 0.5) is 5.69 Å². The van der Waals surface area contributed by atoms with E-state index >= 15 is 0 Å². The molecule has 0 saturated carbocycles. The summed E-state index contributed by atoms with van der Waals surface area (Å²) in [6.45, 7) is 1.98. The number of amides is 1. The minimum absolute atomic E-state index is 0.0541. The number of thiazole rings is 1. The highest BCUT2D eigenvalue weighted by atomic mass is 32.1. The zero-order valence-corrected chi connectivity index (χ0v) is 17.9. The van der Waals surface area contributed by atoms with E-state index in [1.807, 2.05) is 37.3 Å². The summed E-state index contributed by atoms with van der Waals surface area (Å²) in [5.41, 5.74) is 3.72. The number of pyridine rings is 1.